The summed E-state index contributed by atoms with van der Waals surface area (Å²) in [7, 11) is 0. The molecule has 1 nitrogen and oxygen atoms in total. The Bertz CT molecular complexity index is 440. The second-order valence-electron chi connectivity index (χ2n) is 4.39. The van der Waals surface area contributed by atoms with Crippen LogP contribution >= 0.6 is 0 Å². The van der Waals surface area contributed by atoms with Crippen LogP contribution in [0.2, 0.25) is 0 Å². The Balaban J connectivity index is 2.35. The summed E-state index contributed by atoms with van der Waals surface area (Å²) in [6.45, 7) is 0. The van der Waals surface area contributed by atoms with Crippen LogP contribution < -0.4 is 0 Å². The third kappa shape index (κ3) is 1.98. The maximum atomic E-state index is 13.2. The molecule has 2 unspecified atom stereocenters. The lowest BCUT2D eigenvalue weighted by atomic mass is 9.78. The number of aryl methyl sites for hydroxylation is 1. The fourth-order valence-electron chi connectivity index (χ4n) is 2.30. The van der Waals surface area contributed by atoms with E-state index >= 15 is 0 Å². The van der Waals surface area contributed by atoms with Gasteiger partial charge >= 0.3 is 12.1 Å². The Morgan fingerprint density at radius 2 is 1.67 bits per heavy atom. The van der Waals surface area contributed by atoms with Crippen molar-refractivity contribution in [2.24, 2.45) is 5.92 Å². The van der Waals surface area contributed by atoms with Crippen molar-refractivity contribution in [2.75, 3.05) is 0 Å². The lowest BCUT2D eigenvalue weighted by Gasteiger charge is -2.34. The molecule has 6 heteroatoms. The van der Waals surface area contributed by atoms with Gasteiger partial charge in [0.1, 0.15) is 6.10 Å². The quantitative estimate of drug-likeness (QED) is 0.686. The maximum absolute atomic E-state index is 13.2. The summed E-state index contributed by atoms with van der Waals surface area (Å²) in [5, 5.41) is 11.8. The summed E-state index contributed by atoms with van der Waals surface area (Å²) in [6, 6.07) is 6.01. The van der Waals surface area contributed by atoms with Gasteiger partial charge in [0.25, 0.3) is 0 Å². The molecule has 0 aliphatic heterocycles. The summed E-state index contributed by atoms with van der Waals surface area (Å²) in [4.78, 5) is 0. The second kappa shape index (κ2) is 4.19. The molecule has 1 aliphatic carbocycles. The van der Waals surface area contributed by atoms with Gasteiger partial charge in [0.15, 0.2) is 0 Å². The predicted molar refractivity (Wildman–Crippen MR) is 52.7 cm³/mol. The Morgan fingerprint density at radius 3 is 2.28 bits per heavy atom. The average Bonchev–Trinajstić information content (AvgIpc) is 2.28. The van der Waals surface area contributed by atoms with Gasteiger partial charge in [0.05, 0.1) is 5.92 Å². The van der Waals surface area contributed by atoms with Crippen LogP contribution in [0.25, 0.3) is 0 Å². The molecule has 0 aromatic heterocycles. The van der Waals surface area contributed by atoms with Crippen LogP contribution in [0.1, 0.15) is 23.7 Å². The Kier molecular flexibility index (Phi) is 3.09. The molecule has 1 radical (unpaired) electrons. The summed E-state index contributed by atoms with van der Waals surface area (Å²) in [6.07, 6.45) is -8.08. The minimum atomic E-state index is -5.67. The van der Waals surface area contributed by atoms with E-state index in [-0.39, 0.29) is 12.0 Å². The normalized spacial score (nSPS) is 24.8. The van der Waals surface area contributed by atoms with E-state index in [9.17, 15) is 27.1 Å². The zero-order valence-corrected chi connectivity index (χ0v) is 9.18. The summed E-state index contributed by atoms with van der Waals surface area (Å²) in [5.74, 6) is -7.17. The first kappa shape index (κ1) is 13.3. The zero-order chi connectivity index (χ0) is 13.6. The van der Waals surface area contributed by atoms with Crippen molar-refractivity contribution in [1.29, 1.82) is 0 Å². The van der Waals surface area contributed by atoms with Crippen LogP contribution in [0.3, 0.4) is 0 Å². The van der Waals surface area contributed by atoms with Crippen molar-refractivity contribution in [1.82, 2.24) is 0 Å². The molecule has 0 saturated carbocycles. The Hall–Kier alpha value is -1.17. The molecule has 2 atom stereocenters. The lowest BCUT2D eigenvalue weighted by Crippen LogP contribution is -2.47. The highest BCUT2D eigenvalue weighted by Crippen LogP contribution is 2.50. The number of hydrogen-bond donors (Lipinski definition) is 0. The highest BCUT2D eigenvalue weighted by molar-refractivity contribution is 5.32. The third-order valence-electron chi connectivity index (χ3n) is 3.30. The number of fused-ring (bicyclic) bond motifs is 1. The van der Waals surface area contributed by atoms with E-state index in [1.54, 1.807) is 12.1 Å². The van der Waals surface area contributed by atoms with Gasteiger partial charge in [-0.15, -0.1) is 0 Å². The predicted octanol–water partition coefficient (Wildman–Crippen LogP) is 3.92. The van der Waals surface area contributed by atoms with Gasteiger partial charge in [-0.3, -0.25) is 0 Å². The van der Waals surface area contributed by atoms with Crippen molar-refractivity contribution in [3.05, 3.63) is 35.4 Å². The molecule has 18 heavy (non-hydrogen) atoms. The maximum Gasteiger partial charge on any atom is 0.453 e. The van der Waals surface area contributed by atoms with E-state index in [1.807, 2.05) is 0 Å². The fourth-order valence-corrected chi connectivity index (χ4v) is 2.30. The van der Waals surface area contributed by atoms with Gasteiger partial charge in [-0.2, -0.15) is 22.0 Å². The SMILES string of the molecule is [O]C1c2ccccc2CCC1C(F)(F)C(F)(F)F. The van der Waals surface area contributed by atoms with E-state index < -0.39 is 30.5 Å². The van der Waals surface area contributed by atoms with Crippen LogP contribution in [0.15, 0.2) is 24.3 Å². The third-order valence-corrected chi connectivity index (χ3v) is 3.30. The van der Waals surface area contributed by atoms with E-state index in [1.165, 1.54) is 12.1 Å². The van der Waals surface area contributed by atoms with Crippen molar-refractivity contribution in [3.63, 3.8) is 0 Å². The lowest BCUT2D eigenvalue weighted by molar-refractivity contribution is -0.316. The van der Waals surface area contributed by atoms with Crippen LogP contribution in [0.4, 0.5) is 22.0 Å². The summed E-state index contributed by atoms with van der Waals surface area (Å²) >= 11 is 0. The molecule has 0 heterocycles. The molecule has 0 fully saturated rings. The average molecular weight is 265 g/mol. The van der Waals surface area contributed by atoms with Crippen molar-refractivity contribution >= 4 is 0 Å². The number of alkyl halides is 5. The molecule has 2 rings (SSSR count). The van der Waals surface area contributed by atoms with Gasteiger partial charge in [-0.05, 0) is 24.0 Å². The van der Waals surface area contributed by atoms with Gasteiger partial charge in [0, 0.05) is 0 Å². The fraction of sp³-hybridized carbons (Fsp3) is 0.500. The molecule has 1 aliphatic rings. The molecule has 0 bridgehead atoms. The number of hydrogen-bond acceptors (Lipinski definition) is 0. The highest BCUT2D eigenvalue weighted by Gasteiger charge is 2.64. The highest BCUT2D eigenvalue weighted by atomic mass is 19.4. The smallest absolute Gasteiger partial charge is 0.227 e. The molecule has 1 aromatic rings. The number of rotatable bonds is 1. The zero-order valence-electron chi connectivity index (χ0n) is 9.18. The van der Waals surface area contributed by atoms with E-state index in [0.29, 0.717) is 5.56 Å². The molecular formula is C12H10F5O. The van der Waals surface area contributed by atoms with Crippen LogP contribution in [-0.4, -0.2) is 12.1 Å². The molecule has 0 amide bonds. The molecule has 0 N–H and O–H groups in total. The van der Waals surface area contributed by atoms with Crippen molar-refractivity contribution in [3.8, 4) is 0 Å². The molecule has 1 aromatic carbocycles. The van der Waals surface area contributed by atoms with Crippen molar-refractivity contribution < 1.29 is 27.1 Å². The van der Waals surface area contributed by atoms with Crippen LogP contribution in [-0.2, 0) is 11.5 Å². The van der Waals surface area contributed by atoms with Gasteiger partial charge in [-0.25, -0.2) is 5.11 Å². The first-order chi connectivity index (χ1) is 8.25. The van der Waals surface area contributed by atoms with E-state index in [0.717, 1.165) is 0 Å². The largest absolute Gasteiger partial charge is 0.453 e. The first-order valence-electron chi connectivity index (χ1n) is 5.43. The van der Waals surface area contributed by atoms with Gasteiger partial charge < -0.3 is 0 Å². The molecule has 99 valence electrons. The van der Waals surface area contributed by atoms with Gasteiger partial charge in [-0.1, -0.05) is 24.3 Å². The summed E-state index contributed by atoms with van der Waals surface area (Å²) in [5.41, 5.74) is 0.615. The van der Waals surface area contributed by atoms with E-state index in [4.69, 9.17) is 0 Å². The molecule has 0 spiro atoms. The standard InChI is InChI=1S/C12H10F5O/c13-11(14,12(15,16)17)9-6-5-7-3-1-2-4-8(7)10(9)18/h1-4,9-10H,5-6H2. The van der Waals surface area contributed by atoms with Crippen LogP contribution in [0, 0.1) is 5.92 Å². The topological polar surface area (TPSA) is 19.9 Å². The Labute approximate surface area is 100 Å². The molecular weight excluding hydrogens is 255 g/mol. The van der Waals surface area contributed by atoms with Crippen molar-refractivity contribution in [2.45, 2.75) is 31.0 Å². The molecule has 0 saturated heterocycles. The number of benzene rings is 1. The van der Waals surface area contributed by atoms with Crippen LogP contribution in [0.5, 0.6) is 0 Å². The van der Waals surface area contributed by atoms with E-state index in [2.05, 4.69) is 0 Å². The second-order valence-corrected chi connectivity index (χ2v) is 4.39. The Morgan fingerprint density at radius 1 is 1.06 bits per heavy atom. The first-order valence-corrected chi connectivity index (χ1v) is 5.43. The summed E-state index contributed by atoms with van der Waals surface area (Å²) < 4.78 is 63.3. The monoisotopic (exact) mass is 265 g/mol. The number of halogens is 5. The minimum absolute atomic E-state index is 0.0534. The minimum Gasteiger partial charge on any atom is -0.227 e. The van der Waals surface area contributed by atoms with Gasteiger partial charge in [0.2, 0.25) is 0 Å².